The van der Waals surface area contributed by atoms with Crippen molar-refractivity contribution in [3.05, 3.63) is 18.5 Å². The van der Waals surface area contributed by atoms with Gasteiger partial charge in [0.15, 0.2) is 0 Å². The molecule has 1 saturated heterocycles. The Morgan fingerprint density at radius 1 is 1.29 bits per heavy atom. The monoisotopic (exact) mass is 292 g/mol. The maximum Gasteiger partial charge on any atom is 0.0536 e. The van der Waals surface area contributed by atoms with Gasteiger partial charge in [0.25, 0.3) is 0 Å². The van der Waals surface area contributed by atoms with Gasteiger partial charge >= 0.3 is 0 Å². The summed E-state index contributed by atoms with van der Waals surface area (Å²) in [6.45, 7) is 13.7. The number of rotatable bonds is 7. The van der Waals surface area contributed by atoms with Crippen LogP contribution < -0.4 is 5.32 Å². The second kappa shape index (κ2) is 7.41. The van der Waals surface area contributed by atoms with Crippen molar-refractivity contribution < 1.29 is 0 Å². The molecule has 0 amide bonds. The van der Waals surface area contributed by atoms with Crippen LogP contribution in [0.2, 0.25) is 0 Å². The third kappa shape index (κ3) is 3.67. The van der Waals surface area contributed by atoms with Crippen molar-refractivity contribution in [2.45, 2.75) is 65.1 Å². The molecule has 2 rings (SSSR count). The van der Waals surface area contributed by atoms with Crippen molar-refractivity contribution in [2.75, 3.05) is 19.6 Å². The lowest BCUT2D eigenvalue weighted by atomic mass is 9.84. The summed E-state index contributed by atoms with van der Waals surface area (Å²) in [5.41, 5.74) is 0.317. The average molecular weight is 292 g/mol. The van der Waals surface area contributed by atoms with E-state index in [1.807, 2.05) is 12.3 Å². The van der Waals surface area contributed by atoms with Crippen LogP contribution in [0.25, 0.3) is 0 Å². The Morgan fingerprint density at radius 3 is 2.62 bits per heavy atom. The van der Waals surface area contributed by atoms with E-state index in [-0.39, 0.29) is 0 Å². The highest BCUT2D eigenvalue weighted by atomic mass is 15.3. The van der Waals surface area contributed by atoms with E-state index in [1.54, 1.807) is 0 Å². The van der Waals surface area contributed by atoms with Crippen molar-refractivity contribution in [2.24, 2.45) is 5.92 Å². The Labute approximate surface area is 129 Å². The third-order valence-electron chi connectivity index (χ3n) is 5.59. The van der Waals surface area contributed by atoms with Gasteiger partial charge < -0.3 is 5.32 Å². The first-order chi connectivity index (χ1) is 10.1. The van der Waals surface area contributed by atoms with Crippen molar-refractivity contribution in [1.82, 2.24) is 20.0 Å². The second-order valence-electron chi connectivity index (χ2n) is 6.52. The van der Waals surface area contributed by atoms with Crippen LogP contribution in [0.1, 0.15) is 47.0 Å². The largest absolute Gasteiger partial charge is 0.311 e. The molecular weight excluding hydrogens is 260 g/mol. The first-order valence-corrected chi connectivity index (χ1v) is 8.61. The maximum absolute atomic E-state index is 4.34. The smallest absolute Gasteiger partial charge is 0.0536 e. The van der Waals surface area contributed by atoms with Gasteiger partial charge in [-0.05, 0) is 24.8 Å². The molecule has 4 heteroatoms. The van der Waals surface area contributed by atoms with Crippen LogP contribution in [0.3, 0.4) is 0 Å². The Morgan fingerprint density at radius 2 is 2.05 bits per heavy atom. The lowest BCUT2D eigenvalue weighted by Gasteiger charge is -2.51. The van der Waals surface area contributed by atoms with E-state index < -0.39 is 0 Å². The molecule has 2 heterocycles. The van der Waals surface area contributed by atoms with E-state index in [0.717, 1.165) is 32.1 Å². The van der Waals surface area contributed by atoms with Gasteiger partial charge in [-0.3, -0.25) is 9.58 Å². The Kier molecular flexibility index (Phi) is 5.82. The molecule has 2 atom stereocenters. The van der Waals surface area contributed by atoms with Crippen molar-refractivity contribution >= 4 is 0 Å². The minimum atomic E-state index is 0.317. The van der Waals surface area contributed by atoms with E-state index in [2.05, 4.69) is 53.9 Å². The number of nitrogens with one attached hydrogen (secondary N) is 1. The molecule has 1 N–H and O–H groups in total. The summed E-state index contributed by atoms with van der Waals surface area (Å²) in [6.07, 6.45) is 7.60. The van der Waals surface area contributed by atoms with Gasteiger partial charge in [-0.15, -0.1) is 0 Å². The molecule has 120 valence electrons. The van der Waals surface area contributed by atoms with Crippen LogP contribution in [0.4, 0.5) is 0 Å². The Bertz CT molecular complexity index is 397. The molecule has 1 aromatic heterocycles. The van der Waals surface area contributed by atoms with Gasteiger partial charge in [-0.25, -0.2) is 0 Å². The number of nitrogens with zero attached hydrogens (tertiary/aromatic N) is 3. The molecule has 0 aromatic carbocycles. The zero-order valence-corrected chi connectivity index (χ0v) is 14.2. The van der Waals surface area contributed by atoms with Crippen LogP contribution in [0, 0.1) is 5.92 Å². The molecule has 0 saturated carbocycles. The lowest BCUT2D eigenvalue weighted by molar-refractivity contribution is 0.0171. The van der Waals surface area contributed by atoms with Crippen LogP contribution in [0.15, 0.2) is 18.5 Å². The second-order valence-corrected chi connectivity index (χ2v) is 6.52. The molecule has 1 fully saturated rings. The summed E-state index contributed by atoms with van der Waals surface area (Å²) in [5, 5.41) is 8.17. The molecule has 0 spiro atoms. The van der Waals surface area contributed by atoms with Crippen LogP contribution >= 0.6 is 0 Å². The van der Waals surface area contributed by atoms with Crippen LogP contribution in [0.5, 0.6) is 0 Å². The van der Waals surface area contributed by atoms with Gasteiger partial charge in [0.1, 0.15) is 0 Å². The van der Waals surface area contributed by atoms with E-state index >= 15 is 0 Å². The normalized spacial score (nSPS) is 24.1. The molecule has 21 heavy (non-hydrogen) atoms. The Balaban J connectivity index is 2.05. The van der Waals surface area contributed by atoms with E-state index in [4.69, 9.17) is 0 Å². The maximum atomic E-state index is 4.34. The quantitative estimate of drug-likeness (QED) is 0.839. The molecule has 2 unspecified atom stereocenters. The fourth-order valence-corrected chi connectivity index (χ4v) is 3.53. The highest BCUT2D eigenvalue weighted by Crippen LogP contribution is 2.28. The van der Waals surface area contributed by atoms with Crippen molar-refractivity contribution in [1.29, 1.82) is 0 Å². The summed E-state index contributed by atoms with van der Waals surface area (Å²) in [7, 11) is 0. The van der Waals surface area contributed by atoms with E-state index in [0.29, 0.717) is 11.6 Å². The molecular formula is C17H32N4. The molecule has 0 bridgehead atoms. The zero-order chi connectivity index (χ0) is 15.3. The SMILES string of the molecule is CCC(C)C1CN(CCn2cccn2)C(CC)(CC)CN1. The summed E-state index contributed by atoms with van der Waals surface area (Å²) >= 11 is 0. The minimum absolute atomic E-state index is 0.317. The first-order valence-electron chi connectivity index (χ1n) is 8.61. The molecule has 1 aromatic rings. The van der Waals surface area contributed by atoms with Crippen molar-refractivity contribution in [3.63, 3.8) is 0 Å². The molecule has 0 aliphatic carbocycles. The number of hydrogen-bond donors (Lipinski definition) is 1. The minimum Gasteiger partial charge on any atom is -0.311 e. The molecule has 1 aliphatic rings. The number of piperazine rings is 1. The van der Waals surface area contributed by atoms with E-state index in [1.165, 1.54) is 19.3 Å². The number of aromatic nitrogens is 2. The predicted octanol–water partition coefficient (Wildman–Crippen LogP) is 2.76. The van der Waals surface area contributed by atoms with Gasteiger partial charge in [-0.1, -0.05) is 34.1 Å². The van der Waals surface area contributed by atoms with Crippen LogP contribution in [-0.2, 0) is 6.54 Å². The molecule has 0 radical (unpaired) electrons. The van der Waals surface area contributed by atoms with Crippen LogP contribution in [-0.4, -0.2) is 45.9 Å². The van der Waals surface area contributed by atoms with Gasteiger partial charge in [0.05, 0.1) is 6.54 Å². The predicted molar refractivity (Wildman–Crippen MR) is 88.4 cm³/mol. The highest BCUT2D eigenvalue weighted by Gasteiger charge is 2.39. The zero-order valence-electron chi connectivity index (χ0n) is 14.2. The average Bonchev–Trinajstić information content (AvgIpc) is 3.05. The van der Waals surface area contributed by atoms with Gasteiger partial charge in [-0.2, -0.15) is 5.10 Å². The molecule has 4 nitrogen and oxygen atoms in total. The first kappa shape index (κ1) is 16.5. The van der Waals surface area contributed by atoms with Gasteiger partial charge in [0, 0.05) is 43.6 Å². The fourth-order valence-electron chi connectivity index (χ4n) is 3.53. The molecule has 1 aliphatic heterocycles. The summed E-state index contributed by atoms with van der Waals surface area (Å²) in [6, 6.07) is 2.63. The third-order valence-corrected chi connectivity index (χ3v) is 5.59. The summed E-state index contributed by atoms with van der Waals surface area (Å²) in [5.74, 6) is 0.740. The highest BCUT2D eigenvalue weighted by molar-refractivity contribution is 4.98. The summed E-state index contributed by atoms with van der Waals surface area (Å²) in [4.78, 5) is 2.72. The standard InChI is InChI=1S/C17H32N4/c1-5-15(4)16-13-20(11-12-21-10-8-9-19-21)17(6-2,7-3)14-18-16/h8-10,15-16,18H,5-7,11-14H2,1-4H3. The van der Waals surface area contributed by atoms with Gasteiger partial charge in [0.2, 0.25) is 0 Å². The topological polar surface area (TPSA) is 33.1 Å². The lowest BCUT2D eigenvalue weighted by Crippen LogP contribution is -2.65. The summed E-state index contributed by atoms with van der Waals surface area (Å²) < 4.78 is 2.05. The fraction of sp³-hybridized carbons (Fsp3) is 0.824. The Hall–Kier alpha value is -0.870. The van der Waals surface area contributed by atoms with Crippen molar-refractivity contribution in [3.8, 4) is 0 Å². The number of hydrogen-bond acceptors (Lipinski definition) is 3. The van der Waals surface area contributed by atoms with E-state index in [9.17, 15) is 0 Å².